The first-order valence-electron chi connectivity index (χ1n) is 6.54. The van der Waals surface area contributed by atoms with Gasteiger partial charge in [-0.25, -0.2) is 9.78 Å². The van der Waals surface area contributed by atoms with Crippen molar-refractivity contribution in [3.63, 3.8) is 0 Å². The number of nitrogen functional groups attached to an aromatic ring is 1. The van der Waals surface area contributed by atoms with Gasteiger partial charge in [-0.3, -0.25) is 0 Å². The third-order valence-electron chi connectivity index (χ3n) is 2.91. The van der Waals surface area contributed by atoms with Gasteiger partial charge in [0.25, 0.3) is 0 Å². The fourth-order valence-electron chi connectivity index (χ4n) is 1.74. The Morgan fingerprint density at radius 1 is 1.42 bits per heavy atom. The first-order valence-corrected chi connectivity index (χ1v) is 6.54. The lowest BCUT2D eigenvalue weighted by Gasteiger charge is -2.16. The molecule has 0 aliphatic rings. The molecule has 5 nitrogen and oxygen atoms in total. The van der Waals surface area contributed by atoms with Crippen LogP contribution in [0, 0.1) is 5.92 Å². The molecule has 0 saturated heterocycles. The highest BCUT2D eigenvalue weighted by Crippen LogP contribution is 2.17. The number of carbonyl (C=O) groups is 1. The van der Waals surface area contributed by atoms with E-state index in [2.05, 4.69) is 35.8 Å². The lowest BCUT2D eigenvalue weighted by atomic mass is 10.0. The van der Waals surface area contributed by atoms with Crippen LogP contribution in [0.5, 0.6) is 0 Å². The van der Waals surface area contributed by atoms with Crippen LogP contribution in [0.25, 0.3) is 0 Å². The van der Waals surface area contributed by atoms with Gasteiger partial charge in [-0.05, 0) is 31.7 Å². The first kappa shape index (κ1) is 15.3. The molecule has 1 heterocycles. The van der Waals surface area contributed by atoms with E-state index in [-0.39, 0.29) is 0 Å². The number of carbonyl (C=O) groups excluding carboxylic acids is 1. The van der Waals surface area contributed by atoms with E-state index < -0.39 is 5.97 Å². The molecule has 106 valence electrons. The molecular formula is C14H23N3O2. The zero-order valence-corrected chi connectivity index (χ0v) is 12.1. The predicted molar refractivity (Wildman–Crippen MR) is 77.1 cm³/mol. The summed E-state index contributed by atoms with van der Waals surface area (Å²) in [4.78, 5) is 15.7. The molecule has 1 aromatic rings. The Kier molecular flexibility index (Phi) is 5.60. The van der Waals surface area contributed by atoms with Crippen LogP contribution in [-0.2, 0) is 4.74 Å². The summed E-state index contributed by atoms with van der Waals surface area (Å²) in [5.41, 5.74) is 6.37. The quantitative estimate of drug-likeness (QED) is 0.773. The van der Waals surface area contributed by atoms with E-state index in [1.165, 1.54) is 13.3 Å². The molecule has 1 rings (SSSR count). The van der Waals surface area contributed by atoms with Crippen LogP contribution in [0.4, 0.5) is 11.5 Å². The number of hydrogen-bond donors (Lipinski definition) is 2. The van der Waals surface area contributed by atoms with E-state index in [0.29, 0.717) is 29.0 Å². The van der Waals surface area contributed by atoms with Gasteiger partial charge in [-0.2, -0.15) is 0 Å². The number of methoxy groups -OCH3 is 1. The summed E-state index contributed by atoms with van der Waals surface area (Å²) in [6.07, 6.45) is 3.67. The molecule has 5 heteroatoms. The van der Waals surface area contributed by atoms with Gasteiger partial charge >= 0.3 is 5.97 Å². The van der Waals surface area contributed by atoms with E-state index in [1.54, 1.807) is 6.07 Å². The Morgan fingerprint density at radius 2 is 2.11 bits per heavy atom. The third kappa shape index (κ3) is 4.77. The Balaban J connectivity index is 2.71. The van der Waals surface area contributed by atoms with Gasteiger partial charge in [0.2, 0.25) is 0 Å². The largest absolute Gasteiger partial charge is 0.465 e. The van der Waals surface area contributed by atoms with Crippen molar-refractivity contribution in [1.82, 2.24) is 4.98 Å². The van der Waals surface area contributed by atoms with Crippen LogP contribution in [0.1, 0.15) is 44.0 Å². The van der Waals surface area contributed by atoms with Crippen LogP contribution < -0.4 is 11.1 Å². The van der Waals surface area contributed by atoms with Crippen molar-refractivity contribution in [3.8, 4) is 0 Å². The van der Waals surface area contributed by atoms with Crippen molar-refractivity contribution in [3.05, 3.63) is 17.8 Å². The summed E-state index contributed by atoms with van der Waals surface area (Å²) in [6, 6.07) is 1.93. The summed E-state index contributed by atoms with van der Waals surface area (Å²) in [7, 11) is 1.33. The number of aromatic nitrogens is 1. The number of nitrogens with zero attached hydrogens (tertiary/aromatic N) is 1. The predicted octanol–water partition coefficient (Wildman–Crippen LogP) is 2.69. The summed E-state index contributed by atoms with van der Waals surface area (Å²) < 4.78 is 4.68. The maximum atomic E-state index is 11.5. The monoisotopic (exact) mass is 265 g/mol. The molecule has 0 aromatic carbocycles. The average Bonchev–Trinajstić information content (AvgIpc) is 2.37. The zero-order chi connectivity index (χ0) is 14.4. The normalized spacial score (nSPS) is 12.3. The summed E-state index contributed by atoms with van der Waals surface area (Å²) >= 11 is 0. The van der Waals surface area contributed by atoms with Gasteiger partial charge in [0.05, 0.1) is 24.6 Å². The molecule has 19 heavy (non-hydrogen) atoms. The molecule has 0 spiro atoms. The Morgan fingerprint density at radius 3 is 2.68 bits per heavy atom. The molecule has 1 unspecified atom stereocenters. The van der Waals surface area contributed by atoms with E-state index in [1.807, 2.05) is 0 Å². The third-order valence-corrected chi connectivity index (χ3v) is 2.91. The second-order valence-corrected chi connectivity index (χ2v) is 5.16. The van der Waals surface area contributed by atoms with Crippen molar-refractivity contribution in [2.45, 2.75) is 39.7 Å². The Hall–Kier alpha value is -1.78. The number of ether oxygens (including phenoxy) is 1. The summed E-state index contributed by atoms with van der Waals surface area (Å²) in [5.74, 6) is 0.873. The highest BCUT2D eigenvalue weighted by atomic mass is 16.5. The van der Waals surface area contributed by atoms with Gasteiger partial charge < -0.3 is 15.8 Å². The minimum absolute atomic E-state index is 0.295. The van der Waals surface area contributed by atoms with E-state index in [9.17, 15) is 4.79 Å². The maximum Gasteiger partial charge on any atom is 0.340 e. The molecule has 0 aliphatic heterocycles. The van der Waals surface area contributed by atoms with Gasteiger partial charge in [-0.15, -0.1) is 0 Å². The highest BCUT2D eigenvalue weighted by Gasteiger charge is 2.12. The molecule has 0 amide bonds. The fourth-order valence-corrected chi connectivity index (χ4v) is 1.74. The summed E-state index contributed by atoms with van der Waals surface area (Å²) in [5, 5.41) is 3.27. The zero-order valence-electron chi connectivity index (χ0n) is 12.1. The van der Waals surface area contributed by atoms with Crippen LogP contribution in [-0.4, -0.2) is 24.1 Å². The standard InChI is InChI=1S/C14H23N3O2/c1-9(2)5-6-10(3)17-13-7-11(14(18)19-4)12(15)8-16-13/h7-10H,5-6,15H2,1-4H3,(H,16,17). The molecule has 1 atom stereocenters. The van der Waals surface area contributed by atoms with E-state index >= 15 is 0 Å². The van der Waals surface area contributed by atoms with Gasteiger partial charge in [-0.1, -0.05) is 13.8 Å². The van der Waals surface area contributed by atoms with Gasteiger partial charge in [0.1, 0.15) is 5.82 Å². The van der Waals surface area contributed by atoms with Crippen molar-refractivity contribution in [2.75, 3.05) is 18.2 Å². The smallest absolute Gasteiger partial charge is 0.340 e. The molecule has 0 fully saturated rings. The number of pyridine rings is 1. The molecule has 0 saturated carbocycles. The van der Waals surface area contributed by atoms with Gasteiger partial charge in [0.15, 0.2) is 0 Å². The topological polar surface area (TPSA) is 77.2 Å². The second-order valence-electron chi connectivity index (χ2n) is 5.16. The van der Waals surface area contributed by atoms with Crippen LogP contribution in [0.3, 0.4) is 0 Å². The number of nitrogens with one attached hydrogen (secondary N) is 1. The lowest BCUT2D eigenvalue weighted by molar-refractivity contribution is 0.0602. The highest BCUT2D eigenvalue weighted by molar-refractivity contribution is 5.95. The average molecular weight is 265 g/mol. The number of esters is 1. The number of hydrogen-bond acceptors (Lipinski definition) is 5. The molecule has 1 aromatic heterocycles. The maximum absolute atomic E-state index is 11.5. The van der Waals surface area contributed by atoms with Crippen LogP contribution in [0.15, 0.2) is 12.3 Å². The molecule has 0 radical (unpaired) electrons. The minimum Gasteiger partial charge on any atom is -0.465 e. The number of rotatable bonds is 6. The number of nitrogens with two attached hydrogens (primary N) is 1. The molecular weight excluding hydrogens is 242 g/mol. The SMILES string of the molecule is COC(=O)c1cc(NC(C)CCC(C)C)ncc1N. The minimum atomic E-state index is -0.446. The van der Waals surface area contributed by atoms with Crippen LogP contribution in [0.2, 0.25) is 0 Å². The van der Waals surface area contributed by atoms with Crippen molar-refractivity contribution >= 4 is 17.5 Å². The van der Waals surface area contributed by atoms with Gasteiger partial charge in [0, 0.05) is 6.04 Å². The first-order chi connectivity index (χ1) is 8.93. The van der Waals surface area contributed by atoms with Crippen molar-refractivity contribution in [2.24, 2.45) is 5.92 Å². The van der Waals surface area contributed by atoms with Crippen molar-refractivity contribution in [1.29, 1.82) is 0 Å². The Labute approximate surface area is 114 Å². The summed E-state index contributed by atoms with van der Waals surface area (Å²) in [6.45, 7) is 6.49. The molecule has 3 N–H and O–H groups in total. The fraction of sp³-hybridized carbons (Fsp3) is 0.571. The molecule has 0 bridgehead atoms. The number of anilines is 2. The lowest BCUT2D eigenvalue weighted by Crippen LogP contribution is -2.17. The van der Waals surface area contributed by atoms with E-state index in [0.717, 1.165) is 12.8 Å². The van der Waals surface area contributed by atoms with Crippen molar-refractivity contribution < 1.29 is 9.53 Å². The van der Waals surface area contributed by atoms with Crippen LogP contribution >= 0.6 is 0 Å². The van der Waals surface area contributed by atoms with E-state index in [4.69, 9.17) is 5.73 Å². The second kappa shape index (κ2) is 6.97. The molecule has 0 aliphatic carbocycles. The Bertz CT molecular complexity index is 433.